The summed E-state index contributed by atoms with van der Waals surface area (Å²) in [4.78, 5) is 27.4. The highest BCUT2D eigenvalue weighted by Crippen LogP contribution is 2.55. The maximum absolute atomic E-state index is 12.1. The molecule has 0 spiro atoms. The van der Waals surface area contributed by atoms with Crippen LogP contribution in [-0.2, 0) is 9.68 Å². The minimum absolute atomic E-state index is 0.112. The highest BCUT2D eigenvalue weighted by atomic mass is 17.0. The molecular weight excluding hydrogens is 602 g/mol. The monoisotopic (exact) mass is 662 g/mol. The second-order valence-electron chi connectivity index (χ2n) is 16.4. The lowest BCUT2D eigenvalue weighted by molar-refractivity contribution is -0.981. The van der Waals surface area contributed by atoms with Crippen LogP contribution in [-0.4, -0.2) is 56.7 Å². The van der Waals surface area contributed by atoms with Crippen LogP contribution in [0.4, 0.5) is 11.4 Å². The fourth-order valence-corrected chi connectivity index (χ4v) is 9.51. The highest BCUT2D eigenvalue weighted by Gasteiger charge is 2.48. The van der Waals surface area contributed by atoms with Gasteiger partial charge in [0.1, 0.15) is 16.4 Å². The predicted octanol–water partition coefficient (Wildman–Crippen LogP) is 9.06. The van der Waals surface area contributed by atoms with E-state index in [1.165, 1.54) is 61.0 Å². The van der Waals surface area contributed by atoms with E-state index in [1.807, 2.05) is 0 Å². The van der Waals surface area contributed by atoms with Crippen molar-refractivity contribution in [1.82, 2.24) is 0 Å². The van der Waals surface area contributed by atoms with E-state index >= 15 is 0 Å². The minimum Gasteiger partial charge on any atom is -0.493 e. The van der Waals surface area contributed by atoms with E-state index in [0.717, 1.165) is 23.3 Å². The topological polar surface area (TPSA) is 63.5 Å². The first-order valence-electron chi connectivity index (χ1n) is 18.6. The number of ether oxygens (including phenoxy) is 2. The lowest BCUT2D eigenvalue weighted by Crippen LogP contribution is -2.54. The van der Waals surface area contributed by atoms with Gasteiger partial charge in [0.15, 0.2) is 13.2 Å². The van der Waals surface area contributed by atoms with E-state index in [9.17, 15) is 4.91 Å². The third kappa shape index (κ3) is 6.82. The van der Waals surface area contributed by atoms with Crippen molar-refractivity contribution in [2.45, 2.75) is 116 Å². The van der Waals surface area contributed by atoms with Crippen molar-refractivity contribution in [3.8, 4) is 11.5 Å². The van der Waals surface area contributed by atoms with Crippen LogP contribution < -0.4 is 19.3 Å². The molecule has 2 aliphatic carbocycles. The molecule has 2 aromatic carbocycles. The molecule has 0 bridgehead atoms. The van der Waals surface area contributed by atoms with Crippen LogP contribution in [0, 0.1) is 28.6 Å². The summed E-state index contributed by atoms with van der Waals surface area (Å²) in [5, 5.41) is 0.217. The van der Waals surface area contributed by atoms with Crippen LogP contribution in [0.15, 0.2) is 36.4 Å². The molecule has 48 heavy (non-hydrogen) atoms. The van der Waals surface area contributed by atoms with E-state index in [-0.39, 0.29) is 29.4 Å². The van der Waals surface area contributed by atoms with Gasteiger partial charge in [-0.15, -0.1) is 0 Å². The van der Waals surface area contributed by atoms with Gasteiger partial charge in [0, 0.05) is 61.5 Å². The van der Waals surface area contributed by atoms with Crippen molar-refractivity contribution in [2.75, 3.05) is 50.3 Å². The van der Waals surface area contributed by atoms with Crippen LogP contribution in [0.1, 0.15) is 116 Å². The van der Waals surface area contributed by atoms with Gasteiger partial charge in [-0.1, -0.05) is 38.8 Å². The second kappa shape index (κ2) is 14.0. The van der Waals surface area contributed by atoms with Gasteiger partial charge in [0.2, 0.25) is 0 Å². The Labute approximate surface area is 288 Å². The van der Waals surface area contributed by atoms with E-state index in [4.69, 9.17) is 19.1 Å². The van der Waals surface area contributed by atoms with Gasteiger partial charge >= 0.3 is 5.09 Å². The van der Waals surface area contributed by atoms with Crippen molar-refractivity contribution >= 4 is 11.4 Å². The summed E-state index contributed by atoms with van der Waals surface area (Å²) in [5.74, 6) is 5.84. The van der Waals surface area contributed by atoms with E-state index < -0.39 is 0 Å². The maximum atomic E-state index is 12.1. The van der Waals surface area contributed by atoms with Gasteiger partial charge < -0.3 is 19.3 Å². The Hall–Kier alpha value is -3.16. The lowest BCUT2D eigenvalue weighted by atomic mass is 9.62. The highest BCUT2D eigenvalue weighted by molar-refractivity contribution is 5.63. The SMILES string of the molecule is C[C@@H]1CC[C@@H]2[C@@H](C1)c1ccc(OCCCO[N+](=O)OCCCOc3ccc4c(c3)N(C)C(C)(C)[C@@H]3CC[C@@H](C)C[C@@H]43)cc1N(C)C2(C)C. The van der Waals surface area contributed by atoms with Crippen LogP contribution in [0.3, 0.4) is 0 Å². The fraction of sp³-hybridized carbons (Fsp3) is 0.700. The largest absolute Gasteiger partial charge is 0.493 e. The van der Waals surface area contributed by atoms with E-state index in [2.05, 4.69) is 102 Å². The van der Waals surface area contributed by atoms with Crippen LogP contribution in [0.25, 0.3) is 0 Å². The minimum atomic E-state index is 0.112. The average Bonchev–Trinajstić information content (AvgIpc) is 3.05. The molecule has 0 radical (unpaired) electrons. The summed E-state index contributed by atoms with van der Waals surface area (Å²) >= 11 is 0. The first-order chi connectivity index (χ1) is 22.9. The van der Waals surface area contributed by atoms with Gasteiger partial charge in [0.05, 0.1) is 13.2 Å². The molecule has 2 saturated carbocycles. The van der Waals surface area contributed by atoms with Crippen molar-refractivity contribution in [3.05, 3.63) is 52.4 Å². The molecule has 264 valence electrons. The van der Waals surface area contributed by atoms with Gasteiger partial charge in [0.25, 0.3) is 0 Å². The van der Waals surface area contributed by atoms with Crippen LogP contribution in [0.2, 0.25) is 0 Å². The smallest absolute Gasteiger partial charge is 0.477 e. The summed E-state index contributed by atoms with van der Waals surface area (Å²) in [6.45, 7) is 15.7. The molecule has 2 aliphatic heterocycles. The first kappa shape index (κ1) is 34.7. The number of hydrogen-bond donors (Lipinski definition) is 0. The Bertz CT molecular complexity index is 1340. The molecule has 0 amide bonds. The van der Waals surface area contributed by atoms with Crippen molar-refractivity contribution < 1.29 is 24.2 Å². The summed E-state index contributed by atoms with van der Waals surface area (Å²) in [5.41, 5.74) is 5.70. The molecule has 2 heterocycles. The number of benzene rings is 2. The zero-order valence-electron chi connectivity index (χ0n) is 30.8. The van der Waals surface area contributed by atoms with E-state index in [1.54, 1.807) is 0 Å². The third-order valence-electron chi connectivity index (χ3n) is 12.8. The molecule has 0 unspecified atom stereocenters. The normalized spacial score (nSPS) is 28.3. The molecule has 8 heteroatoms. The molecule has 8 nitrogen and oxygen atoms in total. The standard InChI is InChI=1S/C40H60N3O5/c1-27-11-17-35-33(23-27)31-15-13-29(25-37(31)41(7)39(35,3)4)45-19-9-21-47-43(44)48-22-10-20-46-30-14-16-32-34-24-28(2)12-18-36(34)40(5,6)42(8)38(32)26-30/h13-16,25-28,33-36H,9-12,17-24H2,1-8H3/q+1/t27-,28-,33+,34+,35-,36-/m1/s1. The first-order valence-corrected chi connectivity index (χ1v) is 18.6. The number of fused-ring (bicyclic) bond motifs is 6. The molecule has 0 saturated heterocycles. The second-order valence-corrected chi connectivity index (χ2v) is 16.4. The zero-order valence-corrected chi connectivity index (χ0v) is 30.8. The molecule has 0 aromatic heterocycles. The van der Waals surface area contributed by atoms with Gasteiger partial charge in [-0.05, 0) is 112 Å². The Kier molecular flexibility index (Phi) is 10.1. The summed E-state index contributed by atoms with van der Waals surface area (Å²) in [6.07, 6.45) is 8.92. The van der Waals surface area contributed by atoms with Crippen molar-refractivity contribution in [2.24, 2.45) is 23.7 Å². The Morgan fingerprint density at radius 3 is 1.50 bits per heavy atom. The molecule has 2 fully saturated rings. The van der Waals surface area contributed by atoms with Crippen molar-refractivity contribution in [1.29, 1.82) is 0 Å². The average molecular weight is 663 g/mol. The number of hydrogen-bond acceptors (Lipinski definition) is 7. The maximum Gasteiger partial charge on any atom is 0.477 e. The summed E-state index contributed by atoms with van der Waals surface area (Å²) in [7, 11) is 4.44. The molecule has 2 aromatic rings. The Morgan fingerprint density at radius 1 is 0.667 bits per heavy atom. The zero-order chi connectivity index (χ0) is 34.2. The Balaban J connectivity index is 0.897. The van der Waals surface area contributed by atoms with Crippen LogP contribution in [0.5, 0.6) is 11.5 Å². The van der Waals surface area contributed by atoms with Crippen molar-refractivity contribution in [3.63, 3.8) is 0 Å². The third-order valence-corrected chi connectivity index (χ3v) is 12.8. The number of anilines is 2. The molecule has 4 aliphatic rings. The summed E-state index contributed by atoms with van der Waals surface area (Å²) in [6, 6.07) is 13.1. The molecule has 6 rings (SSSR count). The van der Waals surface area contributed by atoms with Gasteiger partial charge in [-0.3, -0.25) is 0 Å². The lowest BCUT2D eigenvalue weighted by Gasteiger charge is -2.54. The summed E-state index contributed by atoms with van der Waals surface area (Å²) < 4.78 is 12.2. The number of nitrogens with zero attached hydrogens (tertiary/aromatic N) is 3. The van der Waals surface area contributed by atoms with E-state index in [0.29, 0.717) is 49.7 Å². The Morgan fingerprint density at radius 2 is 1.08 bits per heavy atom. The number of rotatable bonds is 12. The van der Waals surface area contributed by atoms with Crippen LogP contribution >= 0.6 is 0 Å². The molecule has 0 N–H and O–H groups in total. The molecular formula is C40H60N3O5+. The predicted molar refractivity (Wildman–Crippen MR) is 192 cm³/mol. The molecule has 6 atom stereocenters. The quantitative estimate of drug-likeness (QED) is 0.166. The fourth-order valence-electron chi connectivity index (χ4n) is 9.51. The van der Waals surface area contributed by atoms with Gasteiger partial charge in [-0.25, -0.2) is 0 Å². The van der Waals surface area contributed by atoms with Gasteiger partial charge in [-0.2, -0.15) is 9.68 Å².